The molecule has 0 unspecified atom stereocenters. The van der Waals surface area contributed by atoms with E-state index in [4.69, 9.17) is 0 Å². The molecule has 6 nitrogen and oxygen atoms in total. The zero-order valence-corrected chi connectivity index (χ0v) is 23.0. The van der Waals surface area contributed by atoms with Crippen molar-refractivity contribution in [1.29, 1.82) is 0 Å². The van der Waals surface area contributed by atoms with Crippen LogP contribution in [0.15, 0.2) is 66.7 Å². The van der Waals surface area contributed by atoms with E-state index in [9.17, 15) is 23.5 Å². The van der Waals surface area contributed by atoms with E-state index in [0.29, 0.717) is 25.1 Å². The third-order valence-electron chi connectivity index (χ3n) is 6.45. The Labute approximate surface area is 234 Å². The normalized spacial score (nSPS) is 14.9. The summed E-state index contributed by atoms with van der Waals surface area (Å²) < 4.78 is 28.7. The maximum Gasteiger partial charge on any atom is 0.227 e. The van der Waals surface area contributed by atoms with Gasteiger partial charge in [-0.2, -0.15) is 0 Å². The van der Waals surface area contributed by atoms with Gasteiger partial charge in [-0.05, 0) is 88.5 Å². The summed E-state index contributed by atoms with van der Waals surface area (Å²) in [6.07, 6.45) is 0.494. The van der Waals surface area contributed by atoms with Crippen LogP contribution in [-0.4, -0.2) is 42.2 Å². The van der Waals surface area contributed by atoms with Gasteiger partial charge >= 0.3 is 0 Å². The topological polar surface area (TPSA) is 81.7 Å². The molecule has 3 aromatic carbocycles. The van der Waals surface area contributed by atoms with Crippen molar-refractivity contribution < 1.29 is 23.5 Å². The van der Waals surface area contributed by atoms with Gasteiger partial charge < -0.3 is 20.6 Å². The van der Waals surface area contributed by atoms with Crippen molar-refractivity contribution >= 4 is 40.1 Å². The summed E-state index contributed by atoms with van der Waals surface area (Å²) in [6, 6.07) is 17.6. The first-order valence-electron chi connectivity index (χ1n) is 12.5. The first kappa shape index (κ1) is 28.1. The molecule has 1 fully saturated rings. The third kappa shape index (κ3) is 8.05. The Kier molecular flexibility index (Phi) is 9.81. The van der Waals surface area contributed by atoms with E-state index in [1.165, 1.54) is 12.1 Å². The highest BCUT2D eigenvalue weighted by atomic mass is 127. The smallest absolute Gasteiger partial charge is 0.227 e. The molecule has 3 N–H and O–H groups in total. The van der Waals surface area contributed by atoms with Crippen molar-refractivity contribution in [1.82, 2.24) is 10.6 Å². The fourth-order valence-corrected chi connectivity index (χ4v) is 5.19. The lowest BCUT2D eigenvalue weighted by Gasteiger charge is -2.25. The summed E-state index contributed by atoms with van der Waals surface area (Å²) in [4.78, 5) is 26.6. The van der Waals surface area contributed by atoms with Gasteiger partial charge in [0.1, 0.15) is 11.6 Å². The molecule has 200 valence electrons. The molecule has 0 aliphatic carbocycles. The van der Waals surface area contributed by atoms with Crippen LogP contribution in [-0.2, 0) is 29.0 Å². The zero-order valence-electron chi connectivity index (χ0n) is 20.8. The Bertz CT molecular complexity index is 1250. The molecule has 0 spiro atoms. The SMILES string of the molecule is O=C(Cc1ccc(N2CCCC2=O)cc1)N[C@@H](Cc1cc(F)cc(F)c1)[C@H](O)CNCc1cccc(I)c1. The number of halogens is 3. The maximum absolute atomic E-state index is 13.8. The van der Waals surface area contributed by atoms with Gasteiger partial charge in [-0.15, -0.1) is 0 Å². The molecule has 2 amide bonds. The van der Waals surface area contributed by atoms with Crippen molar-refractivity contribution in [3.05, 3.63) is 98.6 Å². The lowest BCUT2D eigenvalue weighted by atomic mass is 10.00. The Morgan fingerprint density at radius 2 is 1.74 bits per heavy atom. The average molecular weight is 633 g/mol. The van der Waals surface area contributed by atoms with Crippen molar-refractivity contribution in [3.8, 4) is 0 Å². The van der Waals surface area contributed by atoms with Crippen LogP contribution in [0.5, 0.6) is 0 Å². The van der Waals surface area contributed by atoms with Crippen molar-refractivity contribution in [2.75, 3.05) is 18.0 Å². The van der Waals surface area contributed by atoms with Crippen molar-refractivity contribution in [2.45, 2.75) is 44.4 Å². The Balaban J connectivity index is 1.39. The molecule has 1 saturated heterocycles. The van der Waals surface area contributed by atoms with Crippen LogP contribution < -0.4 is 15.5 Å². The molecule has 1 aliphatic heterocycles. The van der Waals surface area contributed by atoms with Gasteiger partial charge in [0.05, 0.1) is 18.6 Å². The number of nitrogens with one attached hydrogen (secondary N) is 2. The molecule has 0 bridgehead atoms. The zero-order chi connectivity index (χ0) is 27.1. The van der Waals surface area contributed by atoms with Crippen LogP contribution in [0.4, 0.5) is 14.5 Å². The maximum atomic E-state index is 13.8. The van der Waals surface area contributed by atoms with E-state index in [1.54, 1.807) is 17.0 Å². The number of amides is 2. The minimum atomic E-state index is -1.00. The predicted molar refractivity (Wildman–Crippen MR) is 151 cm³/mol. The van der Waals surface area contributed by atoms with Gasteiger partial charge in [0.2, 0.25) is 11.8 Å². The molecule has 38 heavy (non-hydrogen) atoms. The molecular formula is C29H30F2IN3O3. The summed E-state index contributed by atoms with van der Waals surface area (Å²) in [5.41, 5.74) is 2.94. The van der Waals surface area contributed by atoms with E-state index in [0.717, 1.165) is 32.9 Å². The molecule has 2 atom stereocenters. The number of carbonyl (C=O) groups excluding carboxylic acids is 2. The molecule has 1 heterocycles. The van der Waals surface area contributed by atoms with Gasteiger partial charge in [0.25, 0.3) is 0 Å². The largest absolute Gasteiger partial charge is 0.390 e. The highest BCUT2D eigenvalue weighted by molar-refractivity contribution is 14.1. The van der Waals surface area contributed by atoms with Crippen LogP contribution in [0.3, 0.4) is 0 Å². The molecule has 1 aliphatic rings. The van der Waals surface area contributed by atoms with Crippen LogP contribution in [0, 0.1) is 15.2 Å². The lowest BCUT2D eigenvalue weighted by Crippen LogP contribution is -2.49. The number of aliphatic hydroxyl groups is 1. The van der Waals surface area contributed by atoms with E-state index in [2.05, 4.69) is 33.2 Å². The standard InChI is InChI=1S/C29H30F2IN3O3/c30-22-11-21(12-23(31)16-22)14-26(27(36)18-33-17-20-3-1-4-24(32)13-20)34-28(37)15-19-6-8-25(9-7-19)35-10-2-5-29(35)38/h1,3-4,6-9,11-13,16,26-27,33,36H,2,5,10,14-15,17-18H2,(H,34,37)/t26-,27+/m0/s1. The summed E-state index contributed by atoms with van der Waals surface area (Å²) >= 11 is 2.23. The van der Waals surface area contributed by atoms with Crippen LogP contribution in [0.25, 0.3) is 0 Å². The van der Waals surface area contributed by atoms with Crippen LogP contribution in [0.2, 0.25) is 0 Å². The van der Waals surface area contributed by atoms with E-state index >= 15 is 0 Å². The Morgan fingerprint density at radius 1 is 1.00 bits per heavy atom. The van der Waals surface area contributed by atoms with Gasteiger partial charge in [0, 0.05) is 41.4 Å². The number of rotatable bonds is 11. The van der Waals surface area contributed by atoms with Crippen molar-refractivity contribution in [3.63, 3.8) is 0 Å². The molecule has 0 aromatic heterocycles. The molecule has 4 rings (SSSR count). The highest BCUT2D eigenvalue weighted by Gasteiger charge is 2.24. The fourth-order valence-electron chi connectivity index (χ4n) is 4.58. The van der Waals surface area contributed by atoms with Crippen LogP contribution in [0.1, 0.15) is 29.5 Å². The first-order chi connectivity index (χ1) is 18.3. The van der Waals surface area contributed by atoms with E-state index in [1.807, 2.05) is 36.4 Å². The average Bonchev–Trinajstić information content (AvgIpc) is 3.29. The number of hydrogen-bond acceptors (Lipinski definition) is 4. The number of carbonyl (C=O) groups is 2. The van der Waals surface area contributed by atoms with Crippen molar-refractivity contribution in [2.24, 2.45) is 0 Å². The molecule has 9 heteroatoms. The molecule has 3 aromatic rings. The van der Waals surface area contributed by atoms with Gasteiger partial charge in [-0.1, -0.05) is 24.3 Å². The summed E-state index contributed by atoms with van der Waals surface area (Å²) in [5, 5.41) is 17.0. The second-order valence-corrected chi connectivity index (χ2v) is 10.7. The summed E-state index contributed by atoms with van der Waals surface area (Å²) in [7, 11) is 0. The van der Waals surface area contributed by atoms with Gasteiger partial charge in [0.15, 0.2) is 0 Å². The molecular weight excluding hydrogens is 603 g/mol. The monoisotopic (exact) mass is 633 g/mol. The minimum absolute atomic E-state index is 0.0580. The number of nitrogens with zero attached hydrogens (tertiary/aromatic N) is 1. The second kappa shape index (κ2) is 13.3. The minimum Gasteiger partial charge on any atom is -0.390 e. The van der Waals surface area contributed by atoms with E-state index in [-0.39, 0.29) is 31.2 Å². The number of benzene rings is 3. The first-order valence-corrected chi connectivity index (χ1v) is 13.6. The third-order valence-corrected chi connectivity index (χ3v) is 7.12. The molecule has 0 radical (unpaired) electrons. The van der Waals surface area contributed by atoms with Crippen LogP contribution >= 0.6 is 22.6 Å². The Morgan fingerprint density at radius 3 is 2.39 bits per heavy atom. The van der Waals surface area contributed by atoms with E-state index < -0.39 is 23.8 Å². The number of hydrogen-bond donors (Lipinski definition) is 3. The number of anilines is 1. The second-order valence-electron chi connectivity index (χ2n) is 9.48. The fraction of sp³-hybridized carbons (Fsp3) is 0.310. The quantitative estimate of drug-likeness (QED) is 0.278. The predicted octanol–water partition coefficient (Wildman–Crippen LogP) is 4.12. The summed E-state index contributed by atoms with van der Waals surface area (Å²) in [5.74, 6) is -1.66. The number of aliphatic hydroxyl groups excluding tert-OH is 1. The Hall–Kier alpha value is -2.89. The summed E-state index contributed by atoms with van der Waals surface area (Å²) in [6.45, 7) is 1.39. The van der Waals surface area contributed by atoms with Gasteiger partial charge in [-0.25, -0.2) is 8.78 Å². The van der Waals surface area contributed by atoms with Gasteiger partial charge in [-0.3, -0.25) is 9.59 Å². The lowest BCUT2D eigenvalue weighted by molar-refractivity contribution is -0.122. The highest BCUT2D eigenvalue weighted by Crippen LogP contribution is 2.22. The molecule has 0 saturated carbocycles.